The van der Waals surface area contributed by atoms with Crippen LogP contribution in [0.25, 0.3) is 16.9 Å². The van der Waals surface area contributed by atoms with Gasteiger partial charge in [0.2, 0.25) is 0 Å². The Labute approximate surface area is 127 Å². The van der Waals surface area contributed by atoms with E-state index in [0.29, 0.717) is 0 Å². The number of rotatable bonds is 3. The maximum atomic E-state index is 4.70. The molecule has 0 radical (unpaired) electrons. The summed E-state index contributed by atoms with van der Waals surface area (Å²) in [4.78, 5) is 13.2. The van der Waals surface area contributed by atoms with Crippen LogP contribution in [0.2, 0.25) is 0 Å². The van der Waals surface area contributed by atoms with Crippen LogP contribution in [-0.4, -0.2) is 19.4 Å². The molecule has 0 atom stereocenters. The van der Waals surface area contributed by atoms with Crippen molar-refractivity contribution in [2.45, 2.75) is 0 Å². The second-order valence-corrected chi connectivity index (χ2v) is 4.87. The van der Waals surface area contributed by atoms with E-state index in [0.717, 1.165) is 28.4 Å². The molecule has 3 heterocycles. The molecule has 5 heteroatoms. The van der Waals surface area contributed by atoms with Crippen LogP contribution < -0.4 is 5.32 Å². The first-order valence-electron chi connectivity index (χ1n) is 6.96. The molecule has 1 aromatic carbocycles. The number of hydrogen-bond acceptors (Lipinski definition) is 4. The van der Waals surface area contributed by atoms with E-state index in [1.165, 1.54) is 0 Å². The van der Waals surface area contributed by atoms with E-state index in [4.69, 9.17) is 4.98 Å². The highest BCUT2D eigenvalue weighted by atomic mass is 15.1. The molecule has 0 fully saturated rings. The first-order chi connectivity index (χ1) is 10.9. The van der Waals surface area contributed by atoms with Crippen LogP contribution in [0.15, 0.2) is 73.4 Å². The third kappa shape index (κ3) is 2.29. The standard InChI is InChI=1S/C17H13N5/c1-2-6-14(7-3-1)20-16-17-19-9-10-22(17)12-15(21-16)13-5-4-8-18-11-13/h1-12H,(H,20,21). The minimum Gasteiger partial charge on any atom is -0.337 e. The third-order valence-electron chi connectivity index (χ3n) is 3.37. The van der Waals surface area contributed by atoms with E-state index in [1.54, 1.807) is 18.6 Å². The van der Waals surface area contributed by atoms with Crippen LogP contribution in [0.1, 0.15) is 0 Å². The molecule has 106 valence electrons. The predicted octanol–water partition coefficient (Wildman–Crippen LogP) is 3.53. The summed E-state index contributed by atoms with van der Waals surface area (Å²) in [5.74, 6) is 0.720. The monoisotopic (exact) mass is 287 g/mol. The van der Waals surface area contributed by atoms with Crippen LogP contribution in [0, 0.1) is 0 Å². The Morgan fingerprint density at radius 2 is 1.86 bits per heavy atom. The highest BCUT2D eigenvalue weighted by molar-refractivity contribution is 5.73. The number of nitrogens with zero attached hydrogens (tertiary/aromatic N) is 4. The van der Waals surface area contributed by atoms with Gasteiger partial charge in [-0.25, -0.2) is 9.97 Å². The summed E-state index contributed by atoms with van der Waals surface area (Å²) >= 11 is 0. The van der Waals surface area contributed by atoms with Gasteiger partial charge in [0.05, 0.1) is 5.69 Å². The number of pyridine rings is 1. The van der Waals surface area contributed by atoms with E-state index < -0.39 is 0 Å². The van der Waals surface area contributed by atoms with Crippen LogP contribution in [0.5, 0.6) is 0 Å². The van der Waals surface area contributed by atoms with E-state index in [9.17, 15) is 0 Å². The molecule has 0 amide bonds. The maximum Gasteiger partial charge on any atom is 0.180 e. The molecule has 4 rings (SSSR count). The quantitative estimate of drug-likeness (QED) is 0.626. The lowest BCUT2D eigenvalue weighted by molar-refractivity contribution is 1.13. The van der Waals surface area contributed by atoms with Crippen LogP contribution >= 0.6 is 0 Å². The number of para-hydroxylation sites is 1. The zero-order valence-corrected chi connectivity index (χ0v) is 11.7. The minimum absolute atomic E-state index is 0.720. The van der Waals surface area contributed by atoms with Gasteiger partial charge in [0, 0.05) is 42.2 Å². The predicted molar refractivity (Wildman–Crippen MR) is 85.9 cm³/mol. The number of fused-ring (bicyclic) bond motifs is 1. The second kappa shape index (κ2) is 5.29. The fourth-order valence-corrected chi connectivity index (χ4v) is 2.33. The van der Waals surface area contributed by atoms with Crippen molar-refractivity contribution < 1.29 is 0 Å². The van der Waals surface area contributed by atoms with Gasteiger partial charge in [0.25, 0.3) is 0 Å². The Morgan fingerprint density at radius 3 is 2.68 bits per heavy atom. The van der Waals surface area contributed by atoms with Crippen LogP contribution in [0.4, 0.5) is 11.5 Å². The van der Waals surface area contributed by atoms with Crippen molar-refractivity contribution in [2.24, 2.45) is 0 Å². The SMILES string of the molecule is c1ccc(Nc2nc(-c3cccnc3)cn3ccnc23)cc1. The zero-order chi connectivity index (χ0) is 14.8. The highest BCUT2D eigenvalue weighted by Crippen LogP contribution is 2.23. The third-order valence-corrected chi connectivity index (χ3v) is 3.37. The van der Waals surface area contributed by atoms with E-state index in [-0.39, 0.29) is 0 Å². The van der Waals surface area contributed by atoms with Crippen molar-refractivity contribution in [3.05, 3.63) is 73.4 Å². The molecule has 0 unspecified atom stereocenters. The Balaban J connectivity index is 1.84. The van der Waals surface area contributed by atoms with Crippen molar-refractivity contribution in [3.8, 4) is 11.3 Å². The summed E-state index contributed by atoms with van der Waals surface area (Å²) in [5.41, 5.74) is 3.57. The van der Waals surface area contributed by atoms with Gasteiger partial charge >= 0.3 is 0 Å². The minimum atomic E-state index is 0.720. The van der Waals surface area contributed by atoms with Gasteiger partial charge in [-0.1, -0.05) is 18.2 Å². The van der Waals surface area contributed by atoms with Crippen molar-refractivity contribution in [1.82, 2.24) is 19.4 Å². The van der Waals surface area contributed by atoms with Gasteiger partial charge in [0.1, 0.15) is 0 Å². The number of imidazole rings is 1. The summed E-state index contributed by atoms with van der Waals surface area (Å²) in [6.45, 7) is 0. The van der Waals surface area contributed by atoms with Crippen LogP contribution in [-0.2, 0) is 0 Å². The average Bonchev–Trinajstić information content (AvgIpc) is 3.05. The molecule has 0 saturated carbocycles. The van der Waals surface area contributed by atoms with E-state index in [1.807, 2.05) is 59.3 Å². The van der Waals surface area contributed by atoms with E-state index >= 15 is 0 Å². The Hall–Kier alpha value is -3.21. The number of anilines is 2. The summed E-state index contributed by atoms with van der Waals surface area (Å²) < 4.78 is 1.96. The fraction of sp³-hybridized carbons (Fsp3) is 0. The molecule has 0 saturated heterocycles. The molecule has 0 bridgehead atoms. The molecule has 0 aliphatic rings. The molecule has 4 aromatic rings. The number of hydrogen-bond donors (Lipinski definition) is 1. The summed E-state index contributed by atoms with van der Waals surface area (Å²) in [5, 5.41) is 3.33. The van der Waals surface area contributed by atoms with Crippen LogP contribution in [0.3, 0.4) is 0 Å². The average molecular weight is 287 g/mol. The van der Waals surface area contributed by atoms with Gasteiger partial charge in [-0.15, -0.1) is 0 Å². The Kier molecular flexibility index (Phi) is 3.01. The molecule has 1 N–H and O–H groups in total. The first-order valence-corrected chi connectivity index (χ1v) is 6.96. The lowest BCUT2D eigenvalue weighted by Crippen LogP contribution is -2.00. The lowest BCUT2D eigenvalue weighted by atomic mass is 10.2. The summed E-state index contributed by atoms with van der Waals surface area (Å²) in [7, 11) is 0. The van der Waals surface area contributed by atoms with Gasteiger partial charge < -0.3 is 9.72 Å². The van der Waals surface area contributed by atoms with E-state index in [2.05, 4.69) is 15.3 Å². The molecular formula is C17H13N5. The maximum absolute atomic E-state index is 4.70. The zero-order valence-electron chi connectivity index (χ0n) is 11.7. The molecule has 22 heavy (non-hydrogen) atoms. The van der Waals surface area contributed by atoms with Crippen molar-refractivity contribution in [3.63, 3.8) is 0 Å². The van der Waals surface area contributed by atoms with Crippen molar-refractivity contribution in [1.29, 1.82) is 0 Å². The van der Waals surface area contributed by atoms with Gasteiger partial charge in [-0.2, -0.15) is 0 Å². The smallest absolute Gasteiger partial charge is 0.180 e. The summed E-state index contributed by atoms with van der Waals surface area (Å²) in [6, 6.07) is 13.8. The van der Waals surface area contributed by atoms with Gasteiger partial charge in [-0.3, -0.25) is 4.98 Å². The second-order valence-electron chi connectivity index (χ2n) is 4.87. The first kappa shape index (κ1) is 12.5. The Bertz CT molecular complexity index is 900. The van der Waals surface area contributed by atoms with Crippen molar-refractivity contribution >= 4 is 17.2 Å². The summed E-state index contributed by atoms with van der Waals surface area (Å²) in [6.07, 6.45) is 9.18. The topological polar surface area (TPSA) is 55.1 Å². The Morgan fingerprint density at radius 1 is 0.955 bits per heavy atom. The number of nitrogens with one attached hydrogen (secondary N) is 1. The van der Waals surface area contributed by atoms with Gasteiger partial charge in [-0.05, 0) is 24.3 Å². The normalized spacial score (nSPS) is 10.7. The number of aromatic nitrogens is 4. The molecule has 0 spiro atoms. The molecule has 5 nitrogen and oxygen atoms in total. The van der Waals surface area contributed by atoms with Gasteiger partial charge in [0.15, 0.2) is 11.5 Å². The molecule has 3 aromatic heterocycles. The number of benzene rings is 1. The fourth-order valence-electron chi connectivity index (χ4n) is 2.33. The molecule has 0 aliphatic heterocycles. The highest BCUT2D eigenvalue weighted by Gasteiger charge is 2.09. The lowest BCUT2D eigenvalue weighted by Gasteiger charge is -2.09. The van der Waals surface area contributed by atoms with Crippen molar-refractivity contribution in [2.75, 3.05) is 5.32 Å². The molecular weight excluding hydrogens is 274 g/mol. The largest absolute Gasteiger partial charge is 0.337 e. The molecule has 0 aliphatic carbocycles.